The molecule has 0 bridgehead atoms. The smallest absolute Gasteiger partial charge is 0.256 e. The van der Waals surface area contributed by atoms with Gasteiger partial charge in [0.25, 0.3) is 5.82 Å². The van der Waals surface area contributed by atoms with Gasteiger partial charge >= 0.3 is 0 Å². The van der Waals surface area contributed by atoms with E-state index in [1.165, 1.54) is 10.6 Å². The van der Waals surface area contributed by atoms with Crippen LogP contribution in [-0.4, -0.2) is 15.9 Å². The highest BCUT2D eigenvalue weighted by Gasteiger charge is 2.04. The summed E-state index contributed by atoms with van der Waals surface area (Å²) < 4.78 is 1.50. The Hall–Kier alpha value is -2.15. The quantitative estimate of drug-likeness (QED) is 0.483. The van der Waals surface area contributed by atoms with Gasteiger partial charge in [0.1, 0.15) is 11.8 Å². The van der Waals surface area contributed by atoms with Gasteiger partial charge in [-0.15, -0.1) is 5.10 Å². The van der Waals surface area contributed by atoms with Crippen molar-refractivity contribution in [1.82, 2.24) is 9.61 Å². The summed E-state index contributed by atoms with van der Waals surface area (Å²) in [5.41, 5.74) is 1.26. The lowest BCUT2D eigenvalue weighted by Gasteiger charge is -1.95. The number of carbonyl (C=O) groups excluding carboxylic acids is 1. The second-order valence-electron chi connectivity index (χ2n) is 2.54. The highest BCUT2D eigenvalue weighted by molar-refractivity contribution is 5.79. The monoisotopic (exact) mass is 171 g/mol. The zero-order valence-electron chi connectivity index (χ0n) is 6.64. The number of hydrogen-bond donors (Lipinski definition) is 0. The van der Waals surface area contributed by atoms with Crippen LogP contribution in [0.2, 0.25) is 0 Å². The Morgan fingerprint density at radius 2 is 2.38 bits per heavy atom. The largest absolute Gasteiger partial charge is 0.362 e. The third-order valence-electron chi connectivity index (χ3n) is 1.75. The molecule has 0 aliphatic rings. The van der Waals surface area contributed by atoms with Crippen LogP contribution in [0, 0.1) is 6.57 Å². The van der Waals surface area contributed by atoms with E-state index in [0.717, 1.165) is 11.8 Å². The van der Waals surface area contributed by atoms with Crippen LogP contribution in [-0.2, 0) is 0 Å². The maximum Gasteiger partial charge on any atom is 0.256 e. The van der Waals surface area contributed by atoms with Crippen LogP contribution in [0.3, 0.4) is 0 Å². The molecule has 4 heteroatoms. The molecule has 0 aliphatic heterocycles. The normalized spacial score (nSPS) is 9.77. The fourth-order valence-corrected chi connectivity index (χ4v) is 1.18. The molecule has 0 spiro atoms. The van der Waals surface area contributed by atoms with Crippen molar-refractivity contribution in [3.63, 3.8) is 0 Å². The van der Waals surface area contributed by atoms with Crippen molar-refractivity contribution >= 4 is 17.6 Å². The molecule has 0 fully saturated rings. The van der Waals surface area contributed by atoms with Crippen LogP contribution in [0.15, 0.2) is 24.4 Å². The van der Waals surface area contributed by atoms with Gasteiger partial charge in [-0.05, 0) is 12.1 Å². The van der Waals surface area contributed by atoms with Crippen LogP contribution < -0.4 is 0 Å². The van der Waals surface area contributed by atoms with Crippen molar-refractivity contribution in [3.05, 3.63) is 41.4 Å². The molecule has 0 N–H and O–H groups in total. The number of carbonyl (C=O) groups is 1. The third kappa shape index (κ3) is 1.07. The first-order valence-corrected chi connectivity index (χ1v) is 3.65. The molecule has 0 radical (unpaired) electrons. The Labute approximate surface area is 74.2 Å². The molecule has 62 valence electrons. The van der Waals surface area contributed by atoms with Crippen LogP contribution in [0.25, 0.3) is 10.4 Å². The third-order valence-corrected chi connectivity index (χ3v) is 1.75. The second-order valence-corrected chi connectivity index (χ2v) is 2.54. The lowest BCUT2D eigenvalue weighted by atomic mass is 10.2. The SMILES string of the molecule is [C-]#[N+]c1cc(C=O)cc2ccnn12. The molecule has 4 nitrogen and oxygen atoms in total. The molecule has 2 aromatic rings. The van der Waals surface area contributed by atoms with Crippen LogP contribution in [0.4, 0.5) is 5.82 Å². The van der Waals surface area contributed by atoms with Gasteiger partial charge in [0, 0.05) is 11.6 Å². The van der Waals surface area contributed by atoms with E-state index in [0.29, 0.717) is 11.4 Å². The lowest BCUT2D eigenvalue weighted by Crippen LogP contribution is -1.89. The van der Waals surface area contributed by atoms with Gasteiger partial charge in [-0.1, -0.05) is 6.57 Å². The molecule has 13 heavy (non-hydrogen) atoms. The zero-order valence-corrected chi connectivity index (χ0v) is 6.64. The number of pyridine rings is 1. The highest BCUT2D eigenvalue weighted by Crippen LogP contribution is 2.16. The number of fused-ring (bicyclic) bond motifs is 1. The number of hydrogen-bond acceptors (Lipinski definition) is 2. The summed E-state index contributed by atoms with van der Waals surface area (Å²) in [4.78, 5) is 13.8. The first kappa shape index (κ1) is 7.50. The molecule has 2 rings (SSSR count). The van der Waals surface area contributed by atoms with Crippen molar-refractivity contribution in [2.24, 2.45) is 0 Å². The van der Waals surface area contributed by atoms with E-state index in [2.05, 4.69) is 9.94 Å². The molecule has 0 saturated carbocycles. The summed E-state index contributed by atoms with van der Waals surface area (Å²) >= 11 is 0. The zero-order chi connectivity index (χ0) is 9.26. The van der Waals surface area contributed by atoms with Gasteiger partial charge in [0.15, 0.2) is 0 Å². The van der Waals surface area contributed by atoms with Crippen molar-refractivity contribution < 1.29 is 4.79 Å². The molecule has 0 saturated heterocycles. The van der Waals surface area contributed by atoms with E-state index in [-0.39, 0.29) is 0 Å². The van der Waals surface area contributed by atoms with Crippen LogP contribution in [0.5, 0.6) is 0 Å². The van der Waals surface area contributed by atoms with Gasteiger partial charge in [-0.2, -0.15) is 4.52 Å². The topological polar surface area (TPSA) is 38.7 Å². The van der Waals surface area contributed by atoms with E-state index < -0.39 is 0 Å². The Morgan fingerprint density at radius 3 is 3.08 bits per heavy atom. The second kappa shape index (κ2) is 2.72. The summed E-state index contributed by atoms with van der Waals surface area (Å²) in [7, 11) is 0. The molecule has 2 heterocycles. The van der Waals surface area contributed by atoms with Gasteiger partial charge in [-0.3, -0.25) is 4.79 Å². The number of nitrogens with zero attached hydrogens (tertiary/aromatic N) is 3. The van der Waals surface area contributed by atoms with Crippen LogP contribution >= 0.6 is 0 Å². The summed E-state index contributed by atoms with van der Waals surface area (Å²) in [5, 5.41) is 3.95. The van der Waals surface area contributed by atoms with E-state index in [4.69, 9.17) is 6.57 Å². The maximum absolute atomic E-state index is 10.5. The number of aldehydes is 1. The first-order valence-electron chi connectivity index (χ1n) is 3.65. The highest BCUT2D eigenvalue weighted by atomic mass is 16.1. The van der Waals surface area contributed by atoms with Crippen molar-refractivity contribution in [2.45, 2.75) is 0 Å². The predicted octanol–water partition coefficient (Wildman–Crippen LogP) is 1.70. The summed E-state index contributed by atoms with van der Waals surface area (Å²) in [6, 6.07) is 4.95. The van der Waals surface area contributed by atoms with Gasteiger partial charge in [0.2, 0.25) is 0 Å². The van der Waals surface area contributed by atoms with Crippen LogP contribution in [0.1, 0.15) is 10.4 Å². The van der Waals surface area contributed by atoms with E-state index in [9.17, 15) is 4.79 Å². The van der Waals surface area contributed by atoms with E-state index in [1.54, 1.807) is 18.3 Å². The van der Waals surface area contributed by atoms with Crippen molar-refractivity contribution in [2.75, 3.05) is 0 Å². The lowest BCUT2D eigenvalue weighted by molar-refractivity contribution is 0.112. The minimum absolute atomic E-state index is 0.351. The molecule has 0 amide bonds. The molecule has 0 aromatic carbocycles. The summed E-state index contributed by atoms with van der Waals surface area (Å²) in [6.45, 7) is 6.88. The molecular formula is C9H5N3O. The summed E-state index contributed by atoms with van der Waals surface area (Å²) in [6.07, 6.45) is 2.32. The number of rotatable bonds is 1. The Balaban J connectivity index is 2.86. The van der Waals surface area contributed by atoms with Crippen molar-refractivity contribution in [3.8, 4) is 0 Å². The molecular weight excluding hydrogens is 166 g/mol. The fraction of sp³-hybridized carbons (Fsp3) is 0. The first-order chi connectivity index (χ1) is 6.35. The minimum atomic E-state index is 0.351. The molecule has 0 aliphatic carbocycles. The van der Waals surface area contributed by atoms with E-state index in [1.807, 2.05) is 0 Å². The average molecular weight is 171 g/mol. The molecule has 2 aromatic heterocycles. The van der Waals surface area contributed by atoms with E-state index >= 15 is 0 Å². The molecule has 0 atom stereocenters. The maximum atomic E-state index is 10.5. The predicted molar refractivity (Wildman–Crippen MR) is 46.8 cm³/mol. The average Bonchev–Trinajstić information content (AvgIpc) is 2.63. The van der Waals surface area contributed by atoms with Gasteiger partial charge in [-0.25, -0.2) is 0 Å². The Morgan fingerprint density at radius 1 is 1.54 bits per heavy atom. The van der Waals surface area contributed by atoms with Gasteiger partial charge in [0.05, 0.1) is 6.20 Å². The molecule has 0 unspecified atom stereocenters. The minimum Gasteiger partial charge on any atom is -0.362 e. The van der Waals surface area contributed by atoms with Gasteiger partial charge < -0.3 is 4.85 Å². The summed E-state index contributed by atoms with van der Waals surface area (Å²) in [5.74, 6) is 0.351. The fourth-order valence-electron chi connectivity index (χ4n) is 1.18. The number of aromatic nitrogens is 2. The van der Waals surface area contributed by atoms with Crippen molar-refractivity contribution in [1.29, 1.82) is 0 Å². The Bertz CT molecular complexity index is 507. The standard InChI is InChI=1S/C9H5N3O/c1-10-9-5-7(6-13)4-8-2-3-11-12(8)9/h2-6H. The Kier molecular flexibility index (Phi) is 1.57.